The summed E-state index contributed by atoms with van der Waals surface area (Å²) < 4.78 is 6.47. The second-order valence-corrected chi connectivity index (χ2v) is 9.83. The number of Topliss-reactive ketones (excluding diaryl/α,β-unsaturated/α-hetero) is 1. The summed E-state index contributed by atoms with van der Waals surface area (Å²) in [7, 11) is 0. The number of ether oxygens (including phenoxy) is 1. The first kappa shape index (κ1) is 25.9. The van der Waals surface area contributed by atoms with Crippen LogP contribution in [0, 0.1) is 5.92 Å². The van der Waals surface area contributed by atoms with Crippen molar-refractivity contribution in [3.63, 3.8) is 0 Å². The molecule has 5 rings (SSSR count). The van der Waals surface area contributed by atoms with Gasteiger partial charge in [-0.25, -0.2) is 0 Å². The van der Waals surface area contributed by atoms with Crippen LogP contribution < -0.4 is 4.74 Å². The highest BCUT2D eigenvalue weighted by atomic mass is 16.5. The Bertz CT molecular complexity index is 1470. The molecule has 1 heterocycles. The Balaban J connectivity index is 1.46. The minimum atomic E-state index is -0.482. The summed E-state index contributed by atoms with van der Waals surface area (Å²) in [5, 5.41) is 40.9. The summed E-state index contributed by atoms with van der Waals surface area (Å²) in [6.07, 6.45) is 5.21. The average molecular weight is 523 g/mol. The van der Waals surface area contributed by atoms with Crippen LogP contribution in [0.4, 0.5) is 0 Å². The van der Waals surface area contributed by atoms with Crippen molar-refractivity contribution in [1.82, 2.24) is 0 Å². The molecule has 0 saturated heterocycles. The molecule has 4 aromatic rings. The van der Waals surface area contributed by atoms with Crippen LogP contribution in [-0.2, 0) is 12.8 Å². The number of benzene rings is 4. The van der Waals surface area contributed by atoms with E-state index in [1.54, 1.807) is 36.4 Å². The number of carbonyl (C=O) groups excluding carboxylic acids is 1. The van der Waals surface area contributed by atoms with Crippen LogP contribution in [0.2, 0.25) is 0 Å². The van der Waals surface area contributed by atoms with Gasteiger partial charge in [0.05, 0.1) is 0 Å². The third-order valence-corrected chi connectivity index (χ3v) is 7.11. The van der Waals surface area contributed by atoms with Crippen LogP contribution in [-0.4, -0.2) is 26.2 Å². The number of hydrogen-bond donors (Lipinski definition) is 4. The lowest BCUT2D eigenvalue weighted by molar-refractivity contribution is 0.0933. The van der Waals surface area contributed by atoms with E-state index < -0.39 is 6.10 Å². The van der Waals surface area contributed by atoms with Gasteiger partial charge in [0.15, 0.2) is 5.78 Å². The van der Waals surface area contributed by atoms with Crippen LogP contribution in [0.5, 0.6) is 28.7 Å². The van der Waals surface area contributed by atoms with Crippen molar-refractivity contribution in [3.8, 4) is 28.7 Å². The molecule has 0 amide bonds. The molecular formula is C33H30O6. The van der Waals surface area contributed by atoms with Crippen molar-refractivity contribution in [2.75, 3.05) is 0 Å². The minimum absolute atomic E-state index is 0.0839. The Morgan fingerprint density at radius 3 is 2.21 bits per heavy atom. The number of phenolic OH excluding ortho intramolecular Hbond substituents is 4. The summed E-state index contributed by atoms with van der Waals surface area (Å²) >= 11 is 0. The summed E-state index contributed by atoms with van der Waals surface area (Å²) in [4.78, 5) is 13.4. The van der Waals surface area contributed by atoms with E-state index in [2.05, 4.69) is 0 Å². The molecule has 0 fully saturated rings. The van der Waals surface area contributed by atoms with Gasteiger partial charge in [0, 0.05) is 24.0 Å². The van der Waals surface area contributed by atoms with Crippen LogP contribution in [0.25, 0.3) is 6.08 Å². The Labute approximate surface area is 227 Å². The summed E-state index contributed by atoms with van der Waals surface area (Å²) in [5.41, 5.74) is 3.34. The van der Waals surface area contributed by atoms with Gasteiger partial charge in [-0.3, -0.25) is 4.79 Å². The van der Waals surface area contributed by atoms with Gasteiger partial charge in [-0.1, -0.05) is 66.7 Å². The molecule has 4 aromatic carbocycles. The number of ketones is 1. The Morgan fingerprint density at radius 1 is 0.846 bits per heavy atom. The monoisotopic (exact) mass is 522 g/mol. The van der Waals surface area contributed by atoms with E-state index in [-0.39, 0.29) is 52.4 Å². The van der Waals surface area contributed by atoms with E-state index in [1.807, 2.05) is 54.6 Å². The van der Waals surface area contributed by atoms with Crippen LogP contribution in [0.1, 0.15) is 51.6 Å². The van der Waals surface area contributed by atoms with Crippen LogP contribution in [0.15, 0.2) is 91.0 Å². The standard InChI is InChI=1S/C33H30O6/c34-25-14-9-22(10-15-25)7-4-8-24-19-27-29(37)20-30(38)31(28(36)18-11-21-5-2-1-3-6-21)33(27)39-32(24)23-12-16-26(35)17-13-23/h1-7,9-10,12-17,20,24,32,34-35,37-38H,8,11,18-19H2/b7-4+. The maximum atomic E-state index is 13.4. The van der Waals surface area contributed by atoms with Crippen molar-refractivity contribution in [2.45, 2.75) is 31.8 Å². The number of hydrogen-bond acceptors (Lipinski definition) is 6. The predicted molar refractivity (Wildman–Crippen MR) is 149 cm³/mol. The van der Waals surface area contributed by atoms with Crippen molar-refractivity contribution in [2.24, 2.45) is 5.92 Å². The van der Waals surface area contributed by atoms with Gasteiger partial charge < -0.3 is 25.2 Å². The molecule has 0 bridgehead atoms. The fraction of sp³-hybridized carbons (Fsp3) is 0.182. The van der Waals surface area contributed by atoms with Crippen molar-refractivity contribution >= 4 is 11.9 Å². The first-order valence-electron chi connectivity index (χ1n) is 12.9. The lowest BCUT2D eigenvalue weighted by Crippen LogP contribution is -2.27. The molecule has 1 aliphatic rings. The Morgan fingerprint density at radius 2 is 1.51 bits per heavy atom. The topological polar surface area (TPSA) is 107 Å². The molecule has 6 heteroatoms. The lowest BCUT2D eigenvalue weighted by Gasteiger charge is -2.35. The molecule has 2 unspecified atom stereocenters. The first-order chi connectivity index (χ1) is 18.9. The highest BCUT2D eigenvalue weighted by Crippen LogP contribution is 2.48. The van der Waals surface area contributed by atoms with E-state index in [1.165, 1.54) is 6.07 Å². The largest absolute Gasteiger partial charge is 0.508 e. The van der Waals surface area contributed by atoms with Gasteiger partial charge >= 0.3 is 0 Å². The highest BCUT2D eigenvalue weighted by Gasteiger charge is 2.36. The van der Waals surface area contributed by atoms with Gasteiger partial charge in [0.25, 0.3) is 0 Å². The van der Waals surface area contributed by atoms with Gasteiger partial charge in [0.1, 0.15) is 40.4 Å². The summed E-state index contributed by atoms with van der Waals surface area (Å²) in [5.74, 6) is -0.239. The number of rotatable bonds is 8. The van der Waals surface area contributed by atoms with E-state index in [9.17, 15) is 25.2 Å². The molecular weight excluding hydrogens is 492 g/mol. The SMILES string of the molecule is O=C(CCc1ccccc1)c1c(O)cc(O)c2c1OC(c1ccc(O)cc1)C(C/C=C/c1ccc(O)cc1)C2. The first-order valence-corrected chi connectivity index (χ1v) is 12.9. The molecule has 0 aromatic heterocycles. The maximum Gasteiger partial charge on any atom is 0.170 e. The third-order valence-electron chi connectivity index (χ3n) is 7.11. The van der Waals surface area contributed by atoms with E-state index in [0.29, 0.717) is 24.8 Å². The maximum absolute atomic E-state index is 13.4. The second-order valence-electron chi connectivity index (χ2n) is 9.83. The molecule has 2 atom stereocenters. The zero-order chi connectivity index (χ0) is 27.4. The number of phenols is 4. The zero-order valence-electron chi connectivity index (χ0n) is 21.3. The smallest absolute Gasteiger partial charge is 0.170 e. The van der Waals surface area contributed by atoms with Crippen LogP contribution >= 0.6 is 0 Å². The normalized spacial score (nSPS) is 16.5. The number of carbonyl (C=O) groups is 1. The van der Waals surface area contributed by atoms with Gasteiger partial charge in [0.2, 0.25) is 0 Å². The average Bonchev–Trinajstić information content (AvgIpc) is 2.94. The molecule has 1 aliphatic heterocycles. The minimum Gasteiger partial charge on any atom is -0.508 e. The summed E-state index contributed by atoms with van der Waals surface area (Å²) in [6, 6.07) is 24.5. The number of allylic oxidation sites excluding steroid dienone is 1. The zero-order valence-corrected chi connectivity index (χ0v) is 21.3. The van der Waals surface area contributed by atoms with E-state index in [0.717, 1.165) is 16.7 Å². The van der Waals surface area contributed by atoms with Crippen molar-refractivity contribution < 1.29 is 30.0 Å². The lowest BCUT2D eigenvalue weighted by atomic mass is 9.82. The van der Waals surface area contributed by atoms with Gasteiger partial charge in [-0.15, -0.1) is 0 Å². The fourth-order valence-corrected chi connectivity index (χ4v) is 5.06. The molecule has 198 valence electrons. The molecule has 0 aliphatic carbocycles. The summed E-state index contributed by atoms with van der Waals surface area (Å²) in [6.45, 7) is 0. The molecule has 0 radical (unpaired) electrons. The Hall–Kier alpha value is -4.71. The predicted octanol–water partition coefficient (Wildman–Crippen LogP) is 6.72. The number of aryl methyl sites for hydroxylation is 1. The van der Waals surface area contributed by atoms with E-state index in [4.69, 9.17) is 4.74 Å². The second kappa shape index (κ2) is 11.4. The van der Waals surface area contributed by atoms with Gasteiger partial charge in [-0.2, -0.15) is 0 Å². The van der Waals surface area contributed by atoms with Crippen LogP contribution in [0.3, 0.4) is 0 Å². The molecule has 6 nitrogen and oxygen atoms in total. The van der Waals surface area contributed by atoms with E-state index >= 15 is 0 Å². The Kier molecular flexibility index (Phi) is 7.55. The third kappa shape index (κ3) is 5.91. The molecule has 39 heavy (non-hydrogen) atoms. The number of fused-ring (bicyclic) bond motifs is 1. The van der Waals surface area contributed by atoms with Crippen molar-refractivity contribution in [1.29, 1.82) is 0 Å². The number of aromatic hydroxyl groups is 4. The molecule has 0 saturated carbocycles. The van der Waals surface area contributed by atoms with Gasteiger partial charge in [-0.05, 0) is 60.2 Å². The fourth-order valence-electron chi connectivity index (χ4n) is 5.06. The quantitative estimate of drug-likeness (QED) is 0.191. The van der Waals surface area contributed by atoms with Crippen molar-refractivity contribution in [3.05, 3.63) is 119 Å². The highest BCUT2D eigenvalue weighted by molar-refractivity contribution is 6.02. The molecule has 0 spiro atoms. The molecule has 4 N–H and O–H groups in total.